The molecule has 6 heteroatoms. The van der Waals surface area contributed by atoms with Crippen molar-refractivity contribution in [2.45, 2.75) is 13.5 Å². The number of aryl methyl sites for hydroxylation is 1. The molecule has 0 aliphatic carbocycles. The van der Waals surface area contributed by atoms with Crippen molar-refractivity contribution in [2.75, 3.05) is 12.4 Å². The lowest BCUT2D eigenvalue weighted by Gasteiger charge is -2.05. The van der Waals surface area contributed by atoms with Crippen LogP contribution in [0.1, 0.15) is 20.4 Å². The SMILES string of the molecule is COc1ccc(NC(=O)c2sc(COc3ccccc3)nc2C)cc1. The predicted octanol–water partition coefficient (Wildman–Crippen LogP) is 4.29. The van der Waals surface area contributed by atoms with Gasteiger partial charge >= 0.3 is 0 Å². The zero-order valence-corrected chi connectivity index (χ0v) is 14.8. The maximum absolute atomic E-state index is 12.5. The second-order valence-electron chi connectivity index (χ2n) is 5.31. The third kappa shape index (κ3) is 4.36. The number of anilines is 1. The molecule has 25 heavy (non-hydrogen) atoms. The Hall–Kier alpha value is -2.86. The van der Waals surface area contributed by atoms with Crippen LogP contribution in [0.15, 0.2) is 54.6 Å². The zero-order valence-electron chi connectivity index (χ0n) is 14.0. The van der Waals surface area contributed by atoms with Gasteiger partial charge in [0.15, 0.2) is 0 Å². The minimum Gasteiger partial charge on any atom is -0.497 e. The van der Waals surface area contributed by atoms with Gasteiger partial charge in [-0.25, -0.2) is 4.98 Å². The smallest absolute Gasteiger partial charge is 0.267 e. The molecule has 0 spiro atoms. The molecule has 0 radical (unpaired) electrons. The summed E-state index contributed by atoms with van der Waals surface area (Å²) in [6.07, 6.45) is 0. The Kier molecular flexibility index (Phi) is 5.30. The molecule has 0 atom stereocenters. The first-order chi connectivity index (χ1) is 12.2. The van der Waals surface area contributed by atoms with Crippen molar-refractivity contribution in [3.05, 3.63) is 70.2 Å². The fraction of sp³-hybridized carbons (Fsp3) is 0.158. The maximum atomic E-state index is 12.5. The lowest BCUT2D eigenvalue weighted by Crippen LogP contribution is -2.11. The van der Waals surface area contributed by atoms with Crippen LogP contribution in [-0.2, 0) is 6.61 Å². The van der Waals surface area contributed by atoms with Gasteiger partial charge in [-0.15, -0.1) is 11.3 Å². The quantitative estimate of drug-likeness (QED) is 0.717. The first-order valence-electron chi connectivity index (χ1n) is 7.75. The molecule has 2 aromatic carbocycles. The number of nitrogens with one attached hydrogen (secondary N) is 1. The van der Waals surface area contributed by atoms with E-state index in [1.165, 1.54) is 11.3 Å². The Labute approximate surface area is 150 Å². The zero-order chi connectivity index (χ0) is 17.6. The largest absolute Gasteiger partial charge is 0.497 e. The number of aromatic nitrogens is 1. The molecule has 0 unspecified atom stereocenters. The lowest BCUT2D eigenvalue weighted by molar-refractivity contribution is 0.103. The van der Waals surface area contributed by atoms with E-state index < -0.39 is 0 Å². The average Bonchev–Trinajstić information content (AvgIpc) is 3.02. The number of thiazole rings is 1. The lowest BCUT2D eigenvalue weighted by atomic mass is 10.3. The number of rotatable bonds is 6. The van der Waals surface area contributed by atoms with Gasteiger partial charge in [-0.3, -0.25) is 4.79 Å². The number of ether oxygens (including phenoxy) is 2. The van der Waals surface area contributed by atoms with Crippen LogP contribution in [0.2, 0.25) is 0 Å². The van der Waals surface area contributed by atoms with Crippen molar-refractivity contribution in [2.24, 2.45) is 0 Å². The van der Waals surface area contributed by atoms with Crippen LogP contribution in [0.3, 0.4) is 0 Å². The Morgan fingerprint density at radius 3 is 2.48 bits per heavy atom. The number of carbonyl (C=O) groups excluding carboxylic acids is 1. The summed E-state index contributed by atoms with van der Waals surface area (Å²) in [5, 5.41) is 3.64. The summed E-state index contributed by atoms with van der Waals surface area (Å²) in [4.78, 5) is 17.5. The van der Waals surface area contributed by atoms with E-state index in [1.807, 2.05) is 37.3 Å². The molecule has 0 bridgehead atoms. The van der Waals surface area contributed by atoms with E-state index in [-0.39, 0.29) is 5.91 Å². The number of carbonyl (C=O) groups is 1. The maximum Gasteiger partial charge on any atom is 0.267 e. The number of hydrogen-bond acceptors (Lipinski definition) is 5. The number of para-hydroxylation sites is 1. The number of benzene rings is 2. The second-order valence-corrected chi connectivity index (χ2v) is 6.39. The Morgan fingerprint density at radius 1 is 1.08 bits per heavy atom. The van der Waals surface area contributed by atoms with Crippen molar-refractivity contribution < 1.29 is 14.3 Å². The number of amides is 1. The van der Waals surface area contributed by atoms with Crippen LogP contribution in [-0.4, -0.2) is 18.0 Å². The number of hydrogen-bond donors (Lipinski definition) is 1. The molecule has 5 nitrogen and oxygen atoms in total. The molecule has 0 saturated carbocycles. The number of nitrogens with zero attached hydrogens (tertiary/aromatic N) is 1. The van der Waals surface area contributed by atoms with Crippen LogP contribution >= 0.6 is 11.3 Å². The highest BCUT2D eigenvalue weighted by atomic mass is 32.1. The van der Waals surface area contributed by atoms with Gasteiger partial charge in [-0.1, -0.05) is 18.2 Å². The van der Waals surface area contributed by atoms with E-state index in [9.17, 15) is 4.79 Å². The fourth-order valence-electron chi connectivity index (χ4n) is 2.25. The van der Waals surface area contributed by atoms with E-state index in [2.05, 4.69) is 10.3 Å². The van der Waals surface area contributed by atoms with Gasteiger partial charge < -0.3 is 14.8 Å². The fourth-order valence-corrected chi connectivity index (χ4v) is 3.12. The molecule has 0 aliphatic rings. The summed E-state index contributed by atoms with van der Waals surface area (Å²) in [5.74, 6) is 1.35. The molecule has 0 fully saturated rings. The summed E-state index contributed by atoms with van der Waals surface area (Å²) in [6, 6.07) is 16.7. The van der Waals surface area contributed by atoms with Gasteiger partial charge in [0.2, 0.25) is 0 Å². The molecule has 0 aliphatic heterocycles. The molecule has 3 aromatic rings. The van der Waals surface area contributed by atoms with E-state index in [0.717, 1.165) is 16.5 Å². The first-order valence-corrected chi connectivity index (χ1v) is 8.57. The van der Waals surface area contributed by atoms with E-state index in [1.54, 1.807) is 31.4 Å². The summed E-state index contributed by atoms with van der Waals surface area (Å²) in [5.41, 5.74) is 1.41. The Morgan fingerprint density at radius 2 is 1.80 bits per heavy atom. The first kappa shape index (κ1) is 17.0. The average molecular weight is 354 g/mol. The van der Waals surface area contributed by atoms with Crippen LogP contribution in [0.4, 0.5) is 5.69 Å². The molecular formula is C19H18N2O3S. The van der Waals surface area contributed by atoms with Gasteiger partial charge in [-0.05, 0) is 43.3 Å². The summed E-state index contributed by atoms with van der Waals surface area (Å²) >= 11 is 1.34. The second kappa shape index (κ2) is 7.81. The number of methoxy groups -OCH3 is 1. The minimum atomic E-state index is -0.175. The van der Waals surface area contributed by atoms with E-state index in [4.69, 9.17) is 9.47 Å². The highest BCUT2D eigenvalue weighted by Gasteiger charge is 2.16. The van der Waals surface area contributed by atoms with Crippen LogP contribution in [0, 0.1) is 6.92 Å². The van der Waals surface area contributed by atoms with E-state index >= 15 is 0 Å². The van der Waals surface area contributed by atoms with Crippen LogP contribution < -0.4 is 14.8 Å². The van der Waals surface area contributed by atoms with Crippen molar-refractivity contribution in [1.82, 2.24) is 4.98 Å². The molecule has 3 rings (SSSR count). The molecule has 1 amide bonds. The Balaban J connectivity index is 1.65. The summed E-state index contributed by atoms with van der Waals surface area (Å²) < 4.78 is 10.8. The van der Waals surface area contributed by atoms with Gasteiger partial charge in [0, 0.05) is 5.69 Å². The molecule has 1 aromatic heterocycles. The molecule has 1 heterocycles. The van der Waals surface area contributed by atoms with Crippen LogP contribution in [0.25, 0.3) is 0 Å². The normalized spacial score (nSPS) is 10.3. The van der Waals surface area contributed by atoms with Gasteiger partial charge in [-0.2, -0.15) is 0 Å². The Bertz CT molecular complexity index is 845. The highest BCUT2D eigenvalue weighted by Crippen LogP contribution is 2.22. The van der Waals surface area contributed by atoms with E-state index in [0.29, 0.717) is 22.9 Å². The van der Waals surface area contributed by atoms with Gasteiger partial charge in [0.1, 0.15) is 28.0 Å². The summed E-state index contributed by atoms with van der Waals surface area (Å²) in [6.45, 7) is 2.16. The van der Waals surface area contributed by atoms with Gasteiger partial charge in [0.05, 0.1) is 12.8 Å². The molecular weight excluding hydrogens is 336 g/mol. The molecule has 1 N–H and O–H groups in total. The topological polar surface area (TPSA) is 60.5 Å². The molecule has 0 saturated heterocycles. The third-order valence-corrected chi connectivity index (χ3v) is 4.63. The van der Waals surface area contributed by atoms with Crippen molar-refractivity contribution >= 4 is 22.9 Å². The van der Waals surface area contributed by atoms with Gasteiger partial charge in [0.25, 0.3) is 5.91 Å². The minimum absolute atomic E-state index is 0.175. The summed E-state index contributed by atoms with van der Waals surface area (Å²) in [7, 11) is 1.60. The van der Waals surface area contributed by atoms with Crippen molar-refractivity contribution in [3.8, 4) is 11.5 Å². The standard InChI is InChI=1S/C19H18N2O3S/c1-13-18(19(22)21-14-8-10-15(23-2)11-9-14)25-17(20-13)12-24-16-6-4-3-5-7-16/h3-11H,12H2,1-2H3,(H,21,22). The monoisotopic (exact) mass is 354 g/mol. The van der Waals surface area contributed by atoms with Crippen LogP contribution in [0.5, 0.6) is 11.5 Å². The van der Waals surface area contributed by atoms with Crippen molar-refractivity contribution in [3.63, 3.8) is 0 Å². The highest BCUT2D eigenvalue weighted by molar-refractivity contribution is 7.13. The van der Waals surface area contributed by atoms with Crippen molar-refractivity contribution in [1.29, 1.82) is 0 Å². The third-order valence-electron chi connectivity index (χ3n) is 3.50. The molecule has 128 valence electrons. The predicted molar refractivity (Wildman–Crippen MR) is 98.6 cm³/mol.